The Morgan fingerprint density at radius 3 is 2.55 bits per heavy atom. The number of hydrogen-bond acceptors (Lipinski definition) is 3. The number of carbonyl (C=O) groups excluding carboxylic acids is 1. The molecule has 0 spiro atoms. The molecule has 0 aliphatic heterocycles. The maximum absolute atomic E-state index is 12.2. The van der Waals surface area contributed by atoms with E-state index in [1.807, 2.05) is 21.0 Å². The minimum absolute atomic E-state index is 0.0153. The molecule has 0 unspecified atom stereocenters. The number of hydrogen-bond donors (Lipinski definition) is 2. The van der Waals surface area contributed by atoms with Crippen molar-refractivity contribution in [2.45, 2.75) is 20.8 Å². The average molecular weight is 343 g/mol. The number of aryl methyl sites for hydroxylation is 1. The zero-order valence-electron chi connectivity index (χ0n) is 12.7. The van der Waals surface area contributed by atoms with Crippen molar-refractivity contribution in [3.8, 4) is 5.75 Å². The van der Waals surface area contributed by atoms with E-state index in [-0.39, 0.29) is 17.1 Å². The van der Waals surface area contributed by atoms with Gasteiger partial charge in [-0.05, 0) is 60.1 Å². The topological polar surface area (TPSA) is 52.6 Å². The molecule has 1 aromatic carbocycles. The van der Waals surface area contributed by atoms with Gasteiger partial charge in [0.2, 0.25) is 0 Å². The summed E-state index contributed by atoms with van der Waals surface area (Å²) >= 11 is 3.25. The summed E-state index contributed by atoms with van der Waals surface area (Å²) in [5, 5.41) is 12.8. The number of phenolic OH excluding ortho intramolecular Hbond substituents is 1. The predicted octanol–water partition coefficient (Wildman–Crippen LogP) is 2.78. The summed E-state index contributed by atoms with van der Waals surface area (Å²) in [5.41, 5.74) is 1.19. The lowest BCUT2D eigenvalue weighted by Crippen LogP contribution is -2.40. The van der Waals surface area contributed by atoms with Gasteiger partial charge in [-0.2, -0.15) is 0 Å². The van der Waals surface area contributed by atoms with Gasteiger partial charge in [-0.25, -0.2) is 0 Å². The molecule has 1 aromatic rings. The summed E-state index contributed by atoms with van der Waals surface area (Å²) in [4.78, 5) is 14.3. The van der Waals surface area contributed by atoms with Gasteiger partial charge in [0.05, 0.1) is 10.0 Å². The summed E-state index contributed by atoms with van der Waals surface area (Å²) in [6.45, 7) is 7.50. The number of halogens is 1. The van der Waals surface area contributed by atoms with Gasteiger partial charge >= 0.3 is 0 Å². The van der Waals surface area contributed by atoms with Gasteiger partial charge in [0.15, 0.2) is 0 Å². The summed E-state index contributed by atoms with van der Waals surface area (Å²) in [7, 11) is 4.01. The van der Waals surface area contributed by atoms with Crippen LogP contribution in [-0.4, -0.2) is 43.1 Å². The Balaban J connectivity index is 2.78. The molecule has 112 valence electrons. The van der Waals surface area contributed by atoms with E-state index in [2.05, 4.69) is 40.0 Å². The number of aromatic hydroxyl groups is 1. The van der Waals surface area contributed by atoms with Crippen molar-refractivity contribution in [2.24, 2.45) is 5.41 Å². The third-order valence-corrected chi connectivity index (χ3v) is 3.53. The lowest BCUT2D eigenvalue weighted by molar-refractivity contribution is 0.0926. The van der Waals surface area contributed by atoms with Crippen molar-refractivity contribution in [3.05, 3.63) is 27.7 Å². The molecule has 0 radical (unpaired) electrons. The van der Waals surface area contributed by atoms with Gasteiger partial charge in [-0.1, -0.05) is 13.8 Å². The number of nitrogens with one attached hydrogen (secondary N) is 1. The smallest absolute Gasteiger partial charge is 0.255 e. The number of carbonyl (C=O) groups is 1. The summed E-state index contributed by atoms with van der Waals surface area (Å²) in [6, 6.07) is 3.47. The fourth-order valence-electron chi connectivity index (χ4n) is 2.23. The van der Waals surface area contributed by atoms with Crippen molar-refractivity contribution < 1.29 is 9.90 Å². The average Bonchev–Trinajstić information content (AvgIpc) is 2.29. The molecule has 0 aliphatic carbocycles. The van der Waals surface area contributed by atoms with Crippen molar-refractivity contribution in [2.75, 3.05) is 27.2 Å². The first-order valence-electron chi connectivity index (χ1n) is 6.54. The predicted molar refractivity (Wildman–Crippen MR) is 85.2 cm³/mol. The summed E-state index contributed by atoms with van der Waals surface area (Å²) in [6.07, 6.45) is 0. The molecule has 0 fully saturated rings. The number of benzene rings is 1. The highest BCUT2D eigenvalue weighted by Gasteiger charge is 2.21. The van der Waals surface area contributed by atoms with E-state index in [1.165, 1.54) is 0 Å². The molecule has 1 amide bonds. The molecule has 0 saturated heterocycles. The molecular formula is C15H23BrN2O2. The monoisotopic (exact) mass is 342 g/mol. The normalized spacial score (nSPS) is 11.8. The van der Waals surface area contributed by atoms with Gasteiger partial charge < -0.3 is 15.3 Å². The minimum Gasteiger partial charge on any atom is -0.506 e. The fraction of sp³-hybridized carbons (Fsp3) is 0.533. The van der Waals surface area contributed by atoms with E-state index in [1.54, 1.807) is 12.1 Å². The number of amides is 1. The number of phenols is 1. The minimum atomic E-state index is -0.251. The van der Waals surface area contributed by atoms with Crippen molar-refractivity contribution in [3.63, 3.8) is 0 Å². The van der Waals surface area contributed by atoms with Gasteiger partial charge in [-0.15, -0.1) is 0 Å². The summed E-state index contributed by atoms with van der Waals surface area (Å²) in [5.74, 6) is -0.266. The second kappa shape index (κ2) is 6.59. The van der Waals surface area contributed by atoms with Crippen LogP contribution < -0.4 is 5.32 Å². The largest absolute Gasteiger partial charge is 0.506 e. The van der Waals surface area contributed by atoms with Crippen LogP contribution in [-0.2, 0) is 0 Å². The molecule has 0 aliphatic rings. The fourth-order valence-corrected chi connectivity index (χ4v) is 2.81. The van der Waals surface area contributed by atoms with Crippen LogP contribution in [0.15, 0.2) is 16.6 Å². The highest BCUT2D eigenvalue weighted by Crippen LogP contribution is 2.29. The lowest BCUT2D eigenvalue weighted by atomic mass is 9.93. The van der Waals surface area contributed by atoms with E-state index in [9.17, 15) is 9.90 Å². The van der Waals surface area contributed by atoms with Crippen LogP contribution in [0.4, 0.5) is 0 Å². The first-order chi connectivity index (χ1) is 9.12. The Kier molecular flexibility index (Phi) is 5.59. The number of rotatable bonds is 5. The zero-order chi connectivity index (χ0) is 15.5. The highest BCUT2D eigenvalue weighted by molar-refractivity contribution is 9.10. The van der Waals surface area contributed by atoms with Crippen LogP contribution >= 0.6 is 15.9 Å². The quantitative estimate of drug-likeness (QED) is 0.864. The molecule has 0 heterocycles. The maximum Gasteiger partial charge on any atom is 0.255 e. The first-order valence-corrected chi connectivity index (χ1v) is 7.34. The van der Waals surface area contributed by atoms with E-state index in [0.717, 1.165) is 12.1 Å². The highest BCUT2D eigenvalue weighted by atomic mass is 79.9. The molecule has 0 atom stereocenters. The second-order valence-electron chi connectivity index (χ2n) is 6.23. The second-order valence-corrected chi connectivity index (χ2v) is 7.08. The lowest BCUT2D eigenvalue weighted by Gasteiger charge is -2.28. The van der Waals surface area contributed by atoms with Crippen LogP contribution in [0.5, 0.6) is 5.75 Å². The van der Waals surface area contributed by atoms with Gasteiger partial charge in [0, 0.05) is 13.1 Å². The standard InChI is InChI=1S/C15H23BrN2O2/c1-10-6-11(13(19)12(16)7-10)14(20)17-8-15(2,3)9-18(4)5/h6-7,19H,8-9H2,1-5H3,(H,17,20). The Morgan fingerprint density at radius 2 is 2.00 bits per heavy atom. The van der Waals surface area contributed by atoms with Gasteiger partial charge in [0.25, 0.3) is 5.91 Å². The Labute approximate surface area is 129 Å². The van der Waals surface area contributed by atoms with Crippen molar-refractivity contribution in [1.82, 2.24) is 10.2 Å². The van der Waals surface area contributed by atoms with E-state index >= 15 is 0 Å². The van der Waals surface area contributed by atoms with E-state index in [0.29, 0.717) is 16.6 Å². The molecule has 1 rings (SSSR count). The first kappa shape index (κ1) is 17.0. The SMILES string of the molecule is Cc1cc(Br)c(O)c(C(=O)NCC(C)(C)CN(C)C)c1. The number of nitrogens with zero attached hydrogens (tertiary/aromatic N) is 1. The molecule has 4 nitrogen and oxygen atoms in total. The van der Waals surface area contributed by atoms with Gasteiger partial charge in [0.1, 0.15) is 5.75 Å². The molecular weight excluding hydrogens is 320 g/mol. The van der Waals surface area contributed by atoms with E-state index in [4.69, 9.17) is 0 Å². The molecule has 0 bridgehead atoms. The third-order valence-electron chi connectivity index (χ3n) is 2.92. The Hall–Kier alpha value is -1.07. The molecule has 5 heteroatoms. The van der Waals surface area contributed by atoms with Crippen LogP contribution in [0.2, 0.25) is 0 Å². The molecule has 0 saturated carbocycles. The van der Waals surface area contributed by atoms with Gasteiger partial charge in [-0.3, -0.25) is 4.79 Å². The zero-order valence-corrected chi connectivity index (χ0v) is 14.3. The van der Waals surface area contributed by atoms with Crippen LogP contribution in [0.1, 0.15) is 29.8 Å². The van der Waals surface area contributed by atoms with Crippen molar-refractivity contribution in [1.29, 1.82) is 0 Å². The van der Waals surface area contributed by atoms with Crippen LogP contribution in [0, 0.1) is 12.3 Å². The van der Waals surface area contributed by atoms with E-state index < -0.39 is 0 Å². The van der Waals surface area contributed by atoms with Crippen LogP contribution in [0.3, 0.4) is 0 Å². The molecule has 20 heavy (non-hydrogen) atoms. The van der Waals surface area contributed by atoms with Crippen LogP contribution in [0.25, 0.3) is 0 Å². The Morgan fingerprint density at radius 1 is 1.40 bits per heavy atom. The summed E-state index contributed by atoms with van der Waals surface area (Å²) < 4.78 is 0.537. The van der Waals surface area contributed by atoms with Crippen molar-refractivity contribution >= 4 is 21.8 Å². The molecule has 0 aromatic heterocycles. The third kappa shape index (κ3) is 4.80. The Bertz CT molecular complexity index is 499. The maximum atomic E-state index is 12.2. The molecule has 2 N–H and O–H groups in total.